The van der Waals surface area contributed by atoms with Crippen LogP contribution in [0.2, 0.25) is 5.02 Å². The van der Waals surface area contributed by atoms with Crippen LogP contribution < -0.4 is 16.0 Å². The first-order valence-corrected chi connectivity index (χ1v) is 7.75. The molecule has 1 heterocycles. The van der Waals surface area contributed by atoms with E-state index < -0.39 is 11.8 Å². The lowest BCUT2D eigenvalue weighted by molar-refractivity contribution is -0.115. The summed E-state index contributed by atoms with van der Waals surface area (Å²) in [5.41, 5.74) is 2.92. The number of hydrogen-bond donors (Lipinski definition) is 3. The molecule has 0 saturated heterocycles. The van der Waals surface area contributed by atoms with Crippen LogP contribution >= 0.6 is 11.6 Å². The molecule has 0 unspecified atom stereocenters. The van der Waals surface area contributed by atoms with E-state index in [2.05, 4.69) is 16.0 Å². The Labute approximate surface area is 143 Å². The maximum atomic E-state index is 13.0. The van der Waals surface area contributed by atoms with Gasteiger partial charge in [-0.1, -0.05) is 23.7 Å². The van der Waals surface area contributed by atoms with Crippen LogP contribution in [0.25, 0.3) is 0 Å². The van der Waals surface area contributed by atoms with Gasteiger partial charge in [-0.2, -0.15) is 0 Å². The summed E-state index contributed by atoms with van der Waals surface area (Å²) >= 11 is 5.88. The number of anilines is 2. The van der Waals surface area contributed by atoms with Gasteiger partial charge in [-0.15, -0.1) is 0 Å². The molecule has 0 spiro atoms. The minimum Gasteiger partial charge on any atom is -0.331 e. The van der Waals surface area contributed by atoms with Crippen molar-refractivity contribution in [1.29, 1.82) is 0 Å². The number of halogens is 2. The maximum absolute atomic E-state index is 13.0. The summed E-state index contributed by atoms with van der Waals surface area (Å²) in [6.07, 6.45) is 0.341. The van der Waals surface area contributed by atoms with Crippen LogP contribution in [-0.2, 0) is 11.2 Å². The summed E-state index contributed by atoms with van der Waals surface area (Å²) in [7, 11) is 0. The van der Waals surface area contributed by atoms with E-state index in [1.54, 1.807) is 0 Å². The molecule has 2 aromatic rings. The predicted molar refractivity (Wildman–Crippen MR) is 90.8 cm³/mol. The third-order valence-electron chi connectivity index (χ3n) is 3.78. The van der Waals surface area contributed by atoms with E-state index in [0.717, 1.165) is 22.9 Å². The second kappa shape index (κ2) is 6.49. The van der Waals surface area contributed by atoms with Crippen molar-refractivity contribution in [2.75, 3.05) is 10.6 Å². The topological polar surface area (TPSA) is 70.2 Å². The maximum Gasteiger partial charge on any atom is 0.319 e. The Hall–Kier alpha value is -2.60. The molecule has 3 N–H and O–H groups in total. The first-order valence-electron chi connectivity index (χ1n) is 7.37. The van der Waals surface area contributed by atoms with Crippen molar-refractivity contribution in [3.63, 3.8) is 0 Å². The number of hydrogen-bond acceptors (Lipinski definition) is 2. The highest BCUT2D eigenvalue weighted by molar-refractivity contribution is 6.33. The van der Waals surface area contributed by atoms with Gasteiger partial charge in [-0.3, -0.25) is 4.79 Å². The summed E-state index contributed by atoms with van der Waals surface area (Å²) in [6.45, 7) is 1.83. The van der Waals surface area contributed by atoms with E-state index in [4.69, 9.17) is 11.6 Å². The molecule has 1 atom stereocenters. The number of urea groups is 1. The van der Waals surface area contributed by atoms with E-state index in [0.29, 0.717) is 12.1 Å². The average Bonchev–Trinajstić information content (AvgIpc) is 2.89. The number of carbonyl (C=O) groups is 2. The number of amides is 3. The number of carbonyl (C=O) groups excluding carboxylic acids is 2. The lowest BCUT2D eigenvalue weighted by Crippen LogP contribution is -2.31. The van der Waals surface area contributed by atoms with Crippen molar-refractivity contribution in [3.05, 3.63) is 58.4 Å². The van der Waals surface area contributed by atoms with Gasteiger partial charge in [0.15, 0.2) is 0 Å². The molecule has 2 aromatic carbocycles. The molecule has 1 aliphatic heterocycles. The molecule has 0 bridgehead atoms. The Morgan fingerprint density at radius 3 is 2.83 bits per heavy atom. The Bertz CT molecular complexity index is 825. The molecule has 0 fully saturated rings. The lowest BCUT2D eigenvalue weighted by Gasteiger charge is -2.16. The van der Waals surface area contributed by atoms with Gasteiger partial charge in [-0.25, -0.2) is 9.18 Å². The highest BCUT2D eigenvalue weighted by atomic mass is 35.5. The van der Waals surface area contributed by atoms with Gasteiger partial charge in [0.25, 0.3) is 0 Å². The van der Waals surface area contributed by atoms with Gasteiger partial charge in [0.05, 0.1) is 23.2 Å². The molecule has 0 aliphatic carbocycles. The highest BCUT2D eigenvalue weighted by Gasteiger charge is 2.19. The first kappa shape index (κ1) is 16.3. The van der Waals surface area contributed by atoms with Crippen LogP contribution in [0.15, 0.2) is 36.4 Å². The van der Waals surface area contributed by atoms with E-state index in [1.165, 1.54) is 12.1 Å². The normalized spacial score (nSPS) is 13.9. The molecule has 0 radical (unpaired) electrons. The Morgan fingerprint density at radius 1 is 1.29 bits per heavy atom. The van der Waals surface area contributed by atoms with Crippen molar-refractivity contribution in [2.24, 2.45) is 0 Å². The molecule has 1 aliphatic rings. The number of benzene rings is 2. The van der Waals surface area contributed by atoms with E-state index >= 15 is 0 Å². The third kappa shape index (κ3) is 3.49. The van der Waals surface area contributed by atoms with Gasteiger partial charge >= 0.3 is 6.03 Å². The Balaban J connectivity index is 1.66. The fourth-order valence-corrected chi connectivity index (χ4v) is 2.76. The van der Waals surface area contributed by atoms with Gasteiger partial charge in [0.2, 0.25) is 5.91 Å². The molecule has 124 valence electrons. The third-order valence-corrected chi connectivity index (χ3v) is 4.09. The van der Waals surface area contributed by atoms with Crippen LogP contribution in [0.5, 0.6) is 0 Å². The standard InChI is InChI=1S/C17H15ClFN3O2/c1-9(10-2-4-14-11(6-10)7-16(23)21-14)20-17(24)22-15-5-3-12(19)8-13(15)18/h2-6,8-9H,7H2,1H3,(H,21,23)(H2,20,22,24)/t9-/m0/s1. The summed E-state index contributed by atoms with van der Waals surface area (Å²) in [4.78, 5) is 23.5. The number of nitrogens with one attached hydrogen (secondary N) is 3. The van der Waals surface area contributed by atoms with Gasteiger partial charge < -0.3 is 16.0 Å². The van der Waals surface area contributed by atoms with Gasteiger partial charge in [0, 0.05) is 5.69 Å². The average molecular weight is 348 g/mol. The first-order chi connectivity index (χ1) is 11.4. The van der Waals surface area contributed by atoms with E-state index in [9.17, 15) is 14.0 Å². The summed E-state index contributed by atoms with van der Waals surface area (Å²) in [6, 6.07) is 8.58. The Morgan fingerprint density at radius 2 is 2.08 bits per heavy atom. The van der Waals surface area contributed by atoms with Crippen LogP contribution in [-0.4, -0.2) is 11.9 Å². The van der Waals surface area contributed by atoms with Crippen molar-refractivity contribution in [3.8, 4) is 0 Å². The predicted octanol–water partition coefficient (Wildman–Crippen LogP) is 3.86. The van der Waals surface area contributed by atoms with Crippen molar-refractivity contribution in [1.82, 2.24) is 5.32 Å². The molecule has 0 aromatic heterocycles. The molecule has 5 nitrogen and oxygen atoms in total. The molecular formula is C17H15ClFN3O2. The molecule has 3 rings (SSSR count). The number of fused-ring (bicyclic) bond motifs is 1. The van der Waals surface area contributed by atoms with Crippen molar-refractivity contribution in [2.45, 2.75) is 19.4 Å². The minimum atomic E-state index is -0.472. The fraction of sp³-hybridized carbons (Fsp3) is 0.176. The van der Waals surface area contributed by atoms with Crippen LogP contribution in [0, 0.1) is 5.82 Å². The van der Waals surface area contributed by atoms with E-state index in [-0.39, 0.29) is 17.0 Å². The lowest BCUT2D eigenvalue weighted by atomic mass is 10.0. The second-order valence-corrected chi connectivity index (χ2v) is 5.99. The van der Waals surface area contributed by atoms with Crippen molar-refractivity contribution < 1.29 is 14.0 Å². The SMILES string of the molecule is C[C@H](NC(=O)Nc1ccc(F)cc1Cl)c1ccc2c(c1)CC(=O)N2. The zero-order valence-electron chi connectivity index (χ0n) is 12.8. The zero-order chi connectivity index (χ0) is 17.3. The van der Waals surface area contributed by atoms with Crippen molar-refractivity contribution >= 4 is 34.9 Å². The summed E-state index contributed by atoms with van der Waals surface area (Å²) < 4.78 is 13.0. The quantitative estimate of drug-likeness (QED) is 0.789. The summed E-state index contributed by atoms with van der Waals surface area (Å²) in [5, 5.41) is 8.25. The van der Waals surface area contributed by atoms with E-state index in [1.807, 2.05) is 25.1 Å². The largest absolute Gasteiger partial charge is 0.331 e. The number of rotatable bonds is 3. The summed E-state index contributed by atoms with van der Waals surface area (Å²) in [5.74, 6) is -0.507. The fourth-order valence-electron chi connectivity index (χ4n) is 2.55. The molecule has 24 heavy (non-hydrogen) atoms. The molecule has 7 heteroatoms. The highest BCUT2D eigenvalue weighted by Crippen LogP contribution is 2.27. The van der Waals surface area contributed by atoms with Gasteiger partial charge in [0.1, 0.15) is 5.82 Å². The van der Waals surface area contributed by atoms with Gasteiger partial charge in [-0.05, 0) is 42.3 Å². The Kier molecular flexibility index (Phi) is 4.40. The van der Waals surface area contributed by atoms with Crippen LogP contribution in [0.3, 0.4) is 0 Å². The monoisotopic (exact) mass is 347 g/mol. The minimum absolute atomic E-state index is 0.0357. The molecule has 0 saturated carbocycles. The van der Waals surface area contributed by atoms with Crippen LogP contribution in [0.4, 0.5) is 20.6 Å². The van der Waals surface area contributed by atoms with Crippen LogP contribution in [0.1, 0.15) is 24.1 Å². The molecular weight excluding hydrogens is 333 g/mol. The second-order valence-electron chi connectivity index (χ2n) is 5.59. The molecule has 3 amide bonds. The zero-order valence-corrected chi connectivity index (χ0v) is 13.6. The smallest absolute Gasteiger partial charge is 0.319 e.